The number of fused-ring (bicyclic) bond motifs is 1. The fraction of sp³-hybridized carbons (Fsp3) is 0.464. The minimum atomic E-state index is -3.73. The topological polar surface area (TPSA) is 105 Å². The molecule has 1 aromatic carbocycles. The van der Waals surface area contributed by atoms with E-state index in [1.165, 1.54) is 23.6 Å². The van der Waals surface area contributed by atoms with Crippen LogP contribution in [0.15, 0.2) is 53.6 Å². The maximum Gasteiger partial charge on any atom is 0.252 e. The highest BCUT2D eigenvalue weighted by Crippen LogP contribution is 2.28. The van der Waals surface area contributed by atoms with Crippen LogP contribution in [0.25, 0.3) is 22.3 Å². The molecule has 0 spiro atoms. The lowest BCUT2D eigenvalue weighted by Crippen LogP contribution is -2.47. The molecule has 1 N–H and O–H groups in total. The van der Waals surface area contributed by atoms with Gasteiger partial charge in [0.15, 0.2) is 0 Å². The van der Waals surface area contributed by atoms with Gasteiger partial charge in [-0.1, -0.05) is 12.5 Å². The molecule has 3 aromatic rings. The fourth-order valence-electron chi connectivity index (χ4n) is 5.44. The minimum Gasteiger partial charge on any atom is -0.379 e. The lowest BCUT2D eigenvalue weighted by atomic mass is 9.98. The minimum absolute atomic E-state index is 0.143. The van der Waals surface area contributed by atoms with E-state index in [1.807, 2.05) is 18.2 Å². The molecule has 9 nitrogen and oxygen atoms in total. The number of carbonyl (C=O) groups excluding carboxylic acids is 1. The first kappa shape index (κ1) is 26.7. The molecule has 0 saturated carbocycles. The lowest BCUT2D eigenvalue weighted by Gasteiger charge is -2.39. The summed E-state index contributed by atoms with van der Waals surface area (Å²) in [5.41, 5.74) is 2.13. The van der Waals surface area contributed by atoms with E-state index in [4.69, 9.17) is 9.72 Å². The Balaban J connectivity index is 1.47. The number of pyridine rings is 2. The molecule has 2 aliphatic heterocycles. The molecule has 38 heavy (non-hydrogen) atoms. The molecule has 2 atom stereocenters. The molecule has 10 heteroatoms. The molecule has 2 fully saturated rings. The van der Waals surface area contributed by atoms with Gasteiger partial charge in [-0.25, -0.2) is 13.4 Å². The summed E-state index contributed by atoms with van der Waals surface area (Å²) in [6, 6.07) is 13.0. The summed E-state index contributed by atoms with van der Waals surface area (Å²) in [5, 5.41) is 3.57. The summed E-state index contributed by atoms with van der Waals surface area (Å²) in [5.74, 6) is -0.257. The molecule has 2 aromatic heterocycles. The van der Waals surface area contributed by atoms with Crippen LogP contribution in [-0.4, -0.2) is 85.0 Å². The highest BCUT2D eigenvalue weighted by Gasteiger charge is 2.28. The Morgan fingerprint density at radius 2 is 1.82 bits per heavy atom. The Morgan fingerprint density at radius 1 is 1.05 bits per heavy atom. The first-order valence-corrected chi connectivity index (χ1v) is 14.8. The molecule has 2 unspecified atom stereocenters. The van der Waals surface area contributed by atoms with E-state index in [-0.39, 0.29) is 10.8 Å². The zero-order chi connectivity index (χ0) is 26.7. The van der Waals surface area contributed by atoms with E-state index in [1.54, 1.807) is 30.5 Å². The number of likely N-dealkylation sites (tertiary alicyclic amines) is 1. The second kappa shape index (κ2) is 11.4. The number of sulfonamides is 1. The smallest absolute Gasteiger partial charge is 0.252 e. The zero-order valence-electron chi connectivity index (χ0n) is 22.0. The van der Waals surface area contributed by atoms with Crippen LogP contribution in [0, 0.1) is 0 Å². The van der Waals surface area contributed by atoms with Gasteiger partial charge in [-0.2, -0.15) is 4.31 Å². The molecule has 2 aliphatic rings. The average Bonchev–Trinajstić information content (AvgIpc) is 2.94. The lowest BCUT2D eigenvalue weighted by molar-refractivity contribution is 0.0730. The Hall–Kier alpha value is -2.92. The van der Waals surface area contributed by atoms with Gasteiger partial charge >= 0.3 is 0 Å². The molecule has 5 rings (SSSR count). The molecule has 1 amide bonds. The number of morpholine rings is 1. The average molecular weight is 538 g/mol. The van der Waals surface area contributed by atoms with Crippen molar-refractivity contribution in [3.05, 3.63) is 54.2 Å². The quantitative estimate of drug-likeness (QED) is 0.493. The van der Waals surface area contributed by atoms with Crippen molar-refractivity contribution in [2.75, 3.05) is 39.4 Å². The van der Waals surface area contributed by atoms with E-state index in [0.29, 0.717) is 72.8 Å². The first-order valence-electron chi connectivity index (χ1n) is 13.3. The molecule has 2 saturated heterocycles. The predicted molar refractivity (Wildman–Crippen MR) is 146 cm³/mol. The summed E-state index contributed by atoms with van der Waals surface area (Å²) in [6.45, 7) is 7.08. The van der Waals surface area contributed by atoms with Crippen molar-refractivity contribution in [3.63, 3.8) is 0 Å². The number of carbonyl (C=O) groups is 1. The van der Waals surface area contributed by atoms with Crippen LogP contribution < -0.4 is 5.32 Å². The van der Waals surface area contributed by atoms with Crippen molar-refractivity contribution >= 4 is 26.8 Å². The third-order valence-electron chi connectivity index (χ3n) is 7.59. The van der Waals surface area contributed by atoms with Gasteiger partial charge in [0.2, 0.25) is 10.0 Å². The Kier molecular flexibility index (Phi) is 8.04. The van der Waals surface area contributed by atoms with Crippen LogP contribution in [0.4, 0.5) is 0 Å². The van der Waals surface area contributed by atoms with Gasteiger partial charge in [0.1, 0.15) is 0 Å². The molecule has 202 valence electrons. The van der Waals surface area contributed by atoms with E-state index in [9.17, 15) is 13.2 Å². The number of amides is 1. The van der Waals surface area contributed by atoms with Crippen molar-refractivity contribution in [2.24, 2.45) is 0 Å². The van der Waals surface area contributed by atoms with Crippen molar-refractivity contribution in [2.45, 2.75) is 50.1 Å². The van der Waals surface area contributed by atoms with Gasteiger partial charge < -0.3 is 10.1 Å². The predicted octanol–water partition coefficient (Wildman–Crippen LogP) is 3.31. The summed E-state index contributed by atoms with van der Waals surface area (Å²) >= 11 is 0. The number of aromatic nitrogens is 2. The molecular weight excluding hydrogens is 502 g/mol. The van der Waals surface area contributed by atoms with Gasteiger partial charge in [-0.3, -0.25) is 14.7 Å². The van der Waals surface area contributed by atoms with E-state index < -0.39 is 10.0 Å². The number of nitrogens with zero attached hydrogens (tertiary/aromatic N) is 4. The summed E-state index contributed by atoms with van der Waals surface area (Å²) in [4.78, 5) is 25.3. The van der Waals surface area contributed by atoms with Gasteiger partial charge in [0, 0.05) is 49.8 Å². The normalized spacial score (nSPS) is 21.4. The second-order valence-corrected chi connectivity index (χ2v) is 12.0. The summed E-state index contributed by atoms with van der Waals surface area (Å²) in [7, 11) is -3.73. The Bertz CT molecular complexity index is 1380. The largest absolute Gasteiger partial charge is 0.379 e. The second-order valence-electron chi connectivity index (χ2n) is 10.1. The summed E-state index contributed by atoms with van der Waals surface area (Å²) < 4.78 is 33.4. The Morgan fingerprint density at radius 3 is 2.53 bits per heavy atom. The monoisotopic (exact) mass is 537 g/mol. The van der Waals surface area contributed by atoms with Crippen LogP contribution in [0.3, 0.4) is 0 Å². The van der Waals surface area contributed by atoms with Gasteiger partial charge in [-0.05, 0) is 63.1 Å². The number of hydrogen-bond acceptors (Lipinski definition) is 7. The van der Waals surface area contributed by atoms with Crippen molar-refractivity contribution in [1.82, 2.24) is 24.5 Å². The first-order chi connectivity index (χ1) is 18.3. The molecule has 0 radical (unpaired) electrons. The highest BCUT2D eigenvalue weighted by molar-refractivity contribution is 7.89. The van der Waals surface area contributed by atoms with Crippen LogP contribution in [0.5, 0.6) is 0 Å². The van der Waals surface area contributed by atoms with Gasteiger partial charge in [-0.15, -0.1) is 0 Å². The van der Waals surface area contributed by atoms with E-state index in [2.05, 4.69) is 29.0 Å². The van der Waals surface area contributed by atoms with Crippen LogP contribution in [0.2, 0.25) is 0 Å². The van der Waals surface area contributed by atoms with Crippen molar-refractivity contribution < 1.29 is 17.9 Å². The molecular formula is C28H35N5O4S. The molecule has 0 bridgehead atoms. The SMILES string of the molecule is CC1CCCC(C)N1CCNC(=O)c1cc(-c2ccccn2)nc2ccc(S(=O)(=O)N3CCOCC3)cc12. The maximum absolute atomic E-state index is 13.6. The number of benzene rings is 1. The molecule has 4 heterocycles. The third kappa shape index (κ3) is 5.58. The maximum atomic E-state index is 13.6. The standard InChI is InChI=1S/C28H35N5O4S/c1-20-6-5-7-21(2)33(20)13-12-30-28(34)24-19-27(26-8-3-4-11-29-26)31-25-10-9-22(18-23(24)25)38(35,36)32-14-16-37-17-15-32/h3-4,8-11,18-21H,5-7,12-17H2,1-2H3,(H,30,34). The Labute approximate surface area is 224 Å². The highest BCUT2D eigenvalue weighted by atomic mass is 32.2. The fourth-order valence-corrected chi connectivity index (χ4v) is 6.88. The number of hydrogen-bond donors (Lipinski definition) is 1. The van der Waals surface area contributed by atoms with Crippen molar-refractivity contribution in [1.29, 1.82) is 0 Å². The number of ether oxygens (including phenoxy) is 1. The number of nitrogens with one attached hydrogen (secondary N) is 1. The van der Waals surface area contributed by atoms with Crippen molar-refractivity contribution in [3.8, 4) is 11.4 Å². The van der Waals surface area contributed by atoms with Crippen LogP contribution >= 0.6 is 0 Å². The summed E-state index contributed by atoms with van der Waals surface area (Å²) in [6.07, 6.45) is 5.25. The van der Waals surface area contributed by atoms with Gasteiger partial charge in [0.25, 0.3) is 5.91 Å². The zero-order valence-corrected chi connectivity index (χ0v) is 22.8. The third-order valence-corrected chi connectivity index (χ3v) is 9.49. The number of piperidine rings is 1. The van der Waals surface area contributed by atoms with Crippen LogP contribution in [-0.2, 0) is 14.8 Å². The van der Waals surface area contributed by atoms with Crippen LogP contribution in [0.1, 0.15) is 43.5 Å². The van der Waals surface area contributed by atoms with E-state index in [0.717, 1.165) is 6.54 Å². The van der Waals surface area contributed by atoms with E-state index >= 15 is 0 Å². The number of rotatable bonds is 7. The molecule has 0 aliphatic carbocycles. The van der Waals surface area contributed by atoms with Gasteiger partial charge in [0.05, 0.1) is 40.6 Å².